The molecule has 18 heavy (non-hydrogen) atoms. The molecule has 0 aliphatic carbocycles. The highest BCUT2D eigenvalue weighted by Crippen LogP contribution is 2.18. The fourth-order valence-electron chi connectivity index (χ4n) is 1.40. The predicted octanol–water partition coefficient (Wildman–Crippen LogP) is 2.23. The van der Waals surface area contributed by atoms with Gasteiger partial charge < -0.3 is 0 Å². The Hall–Kier alpha value is -0.470. The van der Waals surface area contributed by atoms with E-state index < -0.39 is 9.84 Å². The molecule has 0 bridgehead atoms. The molecule has 0 atom stereocenters. The second-order valence-corrected chi connectivity index (χ2v) is 8.97. The van der Waals surface area contributed by atoms with Crippen molar-refractivity contribution in [3.63, 3.8) is 0 Å². The Morgan fingerprint density at radius 1 is 0.944 bits per heavy atom. The van der Waals surface area contributed by atoms with Gasteiger partial charge in [0.05, 0.1) is 4.90 Å². The van der Waals surface area contributed by atoms with Crippen molar-refractivity contribution in [1.29, 1.82) is 0 Å². The summed E-state index contributed by atoms with van der Waals surface area (Å²) in [6, 6.07) is 12.9. The molecule has 0 unspecified atom stereocenters. The lowest BCUT2D eigenvalue weighted by atomic mass is 10.1. The maximum atomic E-state index is 11.3. The molecular formula is C11H10O2S5. The van der Waals surface area contributed by atoms with Crippen molar-refractivity contribution >= 4 is 60.7 Å². The molecule has 2 rings (SSSR count). The number of hydrogen-bond donors (Lipinski definition) is 0. The Morgan fingerprint density at radius 2 is 1.50 bits per heavy atom. The molecular weight excluding hydrogens is 324 g/mol. The summed E-state index contributed by atoms with van der Waals surface area (Å²) in [6.07, 6.45) is 1.22. The number of sulfone groups is 1. The molecule has 0 N–H and O–H groups in total. The Balaban J connectivity index is 0.000000357. The van der Waals surface area contributed by atoms with Crippen molar-refractivity contribution in [2.75, 3.05) is 6.26 Å². The lowest BCUT2D eigenvalue weighted by Gasteiger charge is -2.00. The summed E-state index contributed by atoms with van der Waals surface area (Å²) < 4.78 is 22.6. The van der Waals surface area contributed by atoms with Crippen LogP contribution in [0.2, 0.25) is 0 Å². The summed E-state index contributed by atoms with van der Waals surface area (Å²) in [5.41, 5.74) is 0. The fourth-order valence-corrected chi connectivity index (χ4v) is 2.05. The standard InChI is InChI=1S/C11H10O2S.S4/c1-14(12,13)11-7-6-9-4-2-3-5-10(9)8-11;1-3-4-2/h2-8H,1H3;. The lowest BCUT2D eigenvalue weighted by molar-refractivity contribution is 0.602. The molecule has 0 aromatic heterocycles. The van der Waals surface area contributed by atoms with E-state index in [0.717, 1.165) is 10.8 Å². The molecule has 0 radical (unpaired) electrons. The van der Waals surface area contributed by atoms with Gasteiger partial charge in [0, 0.05) is 46.4 Å². The van der Waals surface area contributed by atoms with Gasteiger partial charge in [-0.05, 0) is 22.9 Å². The Bertz CT molecular complexity index is 716. The number of rotatable bonds is 1. The average Bonchev–Trinajstić information content (AvgIpc) is 2.37. The van der Waals surface area contributed by atoms with E-state index in [1.807, 2.05) is 30.3 Å². The van der Waals surface area contributed by atoms with Crippen LogP contribution >= 0.6 is 0 Å². The summed E-state index contributed by atoms with van der Waals surface area (Å²) in [6.45, 7) is 0. The third-order valence-corrected chi connectivity index (χ3v) is 5.51. The Labute approximate surface area is 122 Å². The summed E-state index contributed by atoms with van der Waals surface area (Å²) in [5, 5.41) is 2.01. The van der Waals surface area contributed by atoms with E-state index in [0.29, 0.717) is 4.90 Å². The van der Waals surface area contributed by atoms with Gasteiger partial charge in [0.1, 0.15) is 0 Å². The van der Waals surface area contributed by atoms with E-state index in [1.54, 1.807) is 12.1 Å². The van der Waals surface area contributed by atoms with Gasteiger partial charge in [-0.15, -0.1) is 0 Å². The first-order valence-electron chi connectivity index (χ1n) is 4.76. The molecule has 0 fully saturated rings. The second kappa shape index (κ2) is 7.20. The topological polar surface area (TPSA) is 34.1 Å². The summed E-state index contributed by atoms with van der Waals surface area (Å²) in [5.74, 6) is 0. The van der Waals surface area contributed by atoms with Crippen molar-refractivity contribution in [2.24, 2.45) is 0 Å². The molecule has 96 valence electrons. The van der Waals surface area contributed by atoms with Crippen LogP contribution in [0.15, 0.2) is 47.4 Å². The lowest BCUT2D eigenvalue weighted by Crippen LogP contribution is -1.96. The minimum atomic E-state index is -3.09. The van der Waals surface area contributed by atoms with Gasteiger partial charge in [-0.1, -0.05) is 30.3 Å². The van der Waals surface area contributed by atoms with Crippen LogP contribution < -0.4 is 0 Å². The van der Waals surface area contributed by atoms with Crippen LogP contribution in [-0.2, 0) is 50.0 Å². The predicted molar refractivity (Wildman–Crippen MR) is 86.5 cm³/mol. The van der Waals surface area contributed by atoms with Crippen molar-refractivity contribution < 1.29 is 8.42 Å². The van der Waals surface area contributed by atoms with Crippen molar-refractivity contribution in [3.05, 3.63) is 42.5 Å². The van der Waals surface area contributed by atoms with E-state index in [-0.39, 0.29) is 0 Å². The first kappa shape index (κ1) is 15.6. The van der Waals surface area contributed by atoms with Gasteiger partial charge >= 0.3 is 0 Å². The van der Waals surface area contributed by atoms with E-state index in [1.165, 1.54) is 24.0 Å². The summed E-state index contributed by atoms with van der Waals surface area (Å²) >= 11 is 8.66. The molecule has 0 spiro atoms. The van der Waals surface area contributed by atoms with Crippen molar-refractivity contribution in [1.82, 2.24) is 0 Å². The molecule has 0 amide bonds. The van der Waals surface area contributed by atoms with Gasteiger partial charge in [0.15, 0.2) is 9.84 Å². The quantitative estimate of drug-likeness (QED) is 0.801. The Morgan fingerprint density at radius 3 is 2.00 bits per heavy atom. The van der Waals surface area contributed by atoms with Gasteiger partial charge in [-0.2, -0.15) is 0 Å². The maximum absolute atomic E-state index is 11.3. The van der Waals surface area contributed by atoms with Gasteiger partial charge in [0.25, 0.3) is 0 Å². The smallest absolute Gasteiger partial charge is 0.175 e. The van der Waals surface area contributed by atoms with Crippen LogP contribution in [0.3, 0.4) is 0 Å². The highest BCUT2D eigenvalue weighted by atomic mass is 33.2. The minimum Gasteiger partial charge on any atom is -0.224 e. The average molecular weight is 335 g/mol. The summed E-state index contributed by atoms with van der Waals surface area (Å²) in [4.78, 5) is 0.371. The summed E-state index contributed by atoms with van der Waals surface area (Å²) in [7, 11) is -0.752. The monoisotopic (exact) mass is 334 g/mol. The van der Waals surface area contributed by atoms with Gasteiger partial charge in [-0.3, -0.25) is 0 Å². The molecule has 0 saturated carbocycles. The number of benzene rings is 2. The van der Waals surface area contributed by atoms with E-state index in [4.69, 9.17) is 0 Å². The third kappa shape index (κ3) is 4.66. The van der Waals surface area contributed by atoms with Crippen LogP contribution in [0.25, 0.3) is 10.8 Å². The SMILES string of the molecule is CS(=O)(=O)c1ccc2ccccc2c1.S=S=S=S. The van der Waals surface area contributed by atoms with Crippen molar-refractivity contribution in [3.8, 4) is 0 Å². The van der Waals surface area contributed by atoms with E-state index >= 15 is 0 Å². The van der Waals surface area contributed by atoms with Crippen LogP contribution in [0.5, 0.6) is 0 Å². The normalized spacial score (nSPS) is 10.3. The van der Waals surface area contributed by atoms with Crippen molar-refractivity contribution in [2.45, 2.75) is 4.90 Å². The number of hydrogen-bond acceptors (Lipinski definition) is 4. The van der Waals surface area contributed by atoms with Crippen LogP contribution in [-0.4, -0.2) is 14.7 Å². The number of fused-ring (bicyclic) bond motifs is 1. The first-order chi connectivity index (χ1) is 8.49. The largest absolute Gasteiger partial charge is 0.224 e. The molecule has 7 heteroatoms. The first-order valence-corrected chi connectivity index (χ1v) is 10.7. The molecule has 2 aromatic carbocycles. The zero-order valence-electron chi connectivity index (χ0n) is 9.40. The zero-order chi connectivity index (χ0) is 13.6. The molecule has 0 aliphatic rings. The molecule has 0 heterocycles. The third-order valence-electron chi connectivity index (χ3n) is 2.18. The molecule has 0 aliphatic heterocycles. The molecule has 2 nitrogen and oxygen atoms in total. The van der Waals surface area contributed by atoms with Crippen LogP contribution in [0.1, 0.15) is 0 Å². The van der Waals surface area contributed by atoms with Gasteiger partial charge in [-0.25, -0.2) is 8.42 Å². The van der Waals surface area contributed by atoms with E-state index in [9.17, 15) is 8.42 Å². The highest BCUT2D eigenvalue weighted by molar-refractivity contribution is 8.51. The second-order valence-electron chi connectivity index (χ2n) is 3.42. The Kier molecular flexibility index (Phi) is 6.24. The molecule has 2 aromatic rings. The maximum Gasteiger partial charge on any atom is 0.175 e. The van der Waals surface area contributed by atoms with Crippen LogP contribution in [0.4, 0.5) is 0 Å². The zero-order valence-corrected chi connectivity index (χ0v) is 13.5. The van der Waals surface area contributed by atoms with E-state index in [2.05, 4.69) is 22.4 Å². The highest BCUT2D eigenvalue weighted by Gasteiger charge is 2.06. The molecule has 0 saturated heterocycles. The van der Waals surface area contributed by atoms with Crippen LogP contribution in [0, 0.1) is 0 Å². The minimum absolute atomic E-state index is 0.371. The van der Waals surface area contributed by atoms with Gasteiger partial charge in [0.2, 0.25) is 0 Å². The fraction of sp³-hybridized carbons (Fsp3) is 0.0909.